The second kappa shape index (κ2) is 5.15. The van der Waals surface area contributed by atoms with Gasteiger partial charge in [0.05, 0.1) is 16.7 Å². The number of imidazole rings is 1. The summed E-state index contributed by atoms with van der Waals surface area (Å²) in [4.78, 5) is 4.62. The van der Waals surface area contributed by atoms with Crippen LogP contribution in [0.5, 0.6) is 0 Å². The molecule has 21 heavy (non-hydrogen) atoms. The Labute approximate surface area is 130 Å². The molecule has 2 aromatic carbocycles. The Morgan fingerprint density at radius 2 is 1.95 bits per heavy atom. The lowest BCUT2D eigenvalue weighted by atomic mass is 10.2. The summed E-state index contributed by atoms with van der Waals surface area (Å²) in [5.41, 5.74) is 8.60. The van der Waals surface area contributed by atoms with Crippen LogP contribution < -0.4 is 5.73 Å². The Morgan fingerprint density at radius 3 is 2.62 bits per heavy atom. The number of rotatable bonds is 2. The fourth-order valence-electron chi connectivity index (χ4n) is 2.42. The van der Waals surface area contributed by atoms with Crippen LogP contribution in [0.25, 0.3) is 16.7 Å². The predicted octanol–water partition coefficient (Wildman–Crippen LogP) is 4.63. The number of anilines is 1. The largest absolute Gasteiger partial charge is 0.399 e. The van der Waals surface area contributed by atoms with E-state index in [4.69, 9.17) is 5.73 Å². The molecule has 5 heteroatoms. The number of halogens is 2. The molecule has 3 rings (SSSR count). The van der Waals surface area contributed by atoms with Crippen molar-refractivity contribution in [1.82, 2.24) is 9.55 Å². The van der Waals surface area contributed by atoms with E-state index < -0.39 is 0 Å². The van der Waals surface area contributed by atoms with Gasteiger partial charge in [-0.3, -0.25) is 4.57 Å². The highest BCUT2D eigenvalue weighted by atomic mass is 79.9. The molecule has 0 aliphatic heterocycles. The average molecular weight is 348 g/mol. The molecule has 0 saturated carbocycles. The molecule has 1 heterocycles. The van der Waals surface area contributed by atoms with E-state index in [1.807, 2.05) is 36.6 Å². The van der Waals surface area contributed by atoms with Crippen LogP contribution in [-0.4, -0.2) is 9.55 Å². The van der Waals surface area contributed by atoms with Crippen molar-refractivity contribution in [2.24, 2.45) is 0 Å². The van der Waals surface area contributed by atoms with E-state index >= 15 is 0 Å². The van der Waals surface area contributed by atoms with Gasteiger partial charge < -0.3 is 5.73 Å². The van der Waals surface area contributed by atoms with Crippen LogP contribution >= 0.6 is 15.9 Å². The molecule has 0 aliphatic carbocycles. The lowest BCUT2D eigenvalue weighted by molar-refractivity contribution is 0.613. The van der Waals surface area contributed by atoms with Crippen molar-refractivity contribution in [1.29, 1.82) is 0 Å². The van der Waals surface area contributed by atoms with E-state index in [1.54, 1.807) is 12.1 Å². The second-order valence-electron chi connectivity index (χ2n) is 5.30. The minimum Gasteiger partial charge on any atom is -0.399 e. The lowest BCUT2D eigenvalue weighted by Gasteiger charge is -2.12. The van der Waals surface area contributed by atoms with Gasteiger partial charge in [-0.1, -0.05) is 29.8 Å². The van der Waals surface area contributed by atoms with Crippen molar-refractivity contribution in [2.75, 3.05) is 5.73 Å². The first-order valence-electron chi connectivity index (χ1n) is 6.70. The van der Waals surface area contributed by atoms with Crippen molar-refractivity contribution in [3.05, 3.63) is 52.5 Å². The molecule has 3 nitrogen and oxygen atoms in total. The van der Waals surface area contributed by atoms with Gasteiger partial charge in [-0.25, -0.2) is 9.37 Å². The number of nitrogens with zero attached hydrogens (tertiary/aromatic N) is 2. The zero-order valence-electron chi connectivity index (χ0n) is 11.8. The van der Waals surface area contributed by atoms with Crippen molar-refractivity contribution in [3.8, 4) is 5.69 Å². The fraction of sp³-hybridized carbons (Fsp3) is 0.188. The van der Waals surface area contributed by atoms with Gasteiger partial charge in [0.2, 0.25) is 0 Å². The molecule has 0 amide bonds. The Bertz CT molecular complexity index is 824. The number of nitrogen functional groups attached to an aromatic ring is 1. The van der Waals surface area contributed by atoms with Crippen LogP contribution in [-0.2, 0) is 0 Å². The van der Waals surface area contributed by atoms with E-state index in [-0.39, 0.29) is 11.7 Å². The third kappa shape index (κ3) is 2.42. The van der Waals surface area contributed by atoms with Gasteiger partial charge in [0.25, 0.3) is 0 Å². The number of benzene rings is 2. The van der Waals surface area contributed by atoms with Gasteiger partial charge >= 0.3 is 0 Å². The summed E-state index contributed by atoms with van der Waals surface area (Å²) >= 11 is 3.28. The normalized spacial score (nSPS) is 11.5. The molecule has 0 unspecified atom stereocenters. The highest BCUT2D eigenvalue weighted by molar-refractivity contribution is 9.10. The second-order valence-corrected chi connectivity index (χ2v) is 6.22. The number of hydrogen-bond acceptors (Lipinski definition) is 2. The van der Waals surface area contributed by atoms with Crippen LogP contribution in [0.3, 0.4) is 0 Å². The standard InChI is InChI=1S/C16H15BrFN3/c1-9(2)16-20-13-8-11(19)4-6-15(13)21(16)14-5-3-10(17)7-12(14)18/h3-9H,19H2,1-2H3. The first kappa shape index (κ1) is 14.1. The maximum atomic E-state index is 14.4. The van der Waals surface area contributed by atoms with Gasteiger partial charge in [0.15, 0.2) is 0 Å². The fourth-order valence-corrected chi connectivity index (χ4v) is 2.75. The Morgan fingerprint density at radius 1 is 1.19 bits per heavy atom. The maximum absolute atomic E-state index is 14.4. The van der Waals surface area contributed by atoms with Gasteiger partial charge in [0.1, 0.15) is 11.6 Å². The van der Waals surface area contributed by atoms with Crippen molar-refractivity contribution in [3.63, 3.8) is 0 Å². The highest BCUT2D eigenvalue weighted by Crippen LogP contribution is 2.29. The average Bonchev–Trinajstić information content (AvgIpc) is 2.77. The Kier molecular flexibility index (Phi) is 3.45. The van der Waals surface area contributed by atoms with Crippen LogP contribution in [0.1, 0.15) is 25.6 Å². The zero-order valence-corrected chi connectivity index (χ0v) is 13.4. The topological polar surface area (TPSA) is 43.8 Å². The highest BCUT2D eigenvalue weighted by Gasteiger charge is 2.17. The molecule has 0 atom stereocenters. The number of hydrogen-bond donors (Lipinski definition) is 1. The minimum absolute atomic E-state index is 0.168. The minimum atomic E-state index is -0.289. The molecule has 0 fully saturated rings. The Hall–Kier alpha value is -1.88. The molecule has 3 aromatic rings. The molecule has 2 N–H and O–H groups in total. The summed E-state index contributed by atoms with van der Waals surface area (Å²) in [6.07, 6.45) is 0. The number of aromatic nitrogens is 2. The van der Waals surface area contributed by atoms with Crippen molar-refractivity contribution < 1.29 is 4.39 Å². The zero-order chi connectivity index (χ0) is 15.1. The molecule has 108 valence electrons. The van der Waals surface area contributed by atoms with Gasteiger partial charge in [-0.05, 0) is 36.4 Å². The molecule has 0 radical (unpaired) electrons. The monoisotopic (exact) mass is 347 g/mol. The summed E-state index contributed by atoms with van der Waals surface area (Å²) in [7, 11) is 0. The van der Waals surface area contributed by atoms with Crippen LogP contribution in [0, 0.1) is 5.82 Å². The van der Waals surface area contributed by atoms with Crippen LogP contribution in [0.4, 0.5) is 10.1 Å². The summed E-state index contributed by atoms with van der Waals surface area (Å²) in [6.45, 7) is 4.08. The molecule has 0 saturated heterocycles. The number of fused-ring (bicyclic) bond motifs is 1. The molecule has 0 bridgehead atoms. The SMILES string of the molecule is CC(C)c1nc2cc(N)ccc2n1-c1ccc(Br)cc1F. The molecule has 0 aliphatic rings. The van der Waals surface area contributed by atoms with E-state index in [0.29, 0.717) is 15.8 Å². The summed E-state index contributed by atoms with van der Waals surface area (Å²) in [6, 6.07) is 10.5. The van der Waals surface area contributed by atoms with Crippen LogP contribution in [0.15, 0.2) is 40.9 Å². The van der Waals surface area contributed by atoms with Gasteiger partial charge in [0, 0.05) is 16.1 Å². The van der Waals surface area contributed by atoms with E-state index in [0.717, 1.165) is 16.9 Å². The Balaban J connectivity index is 2.36. The quantitative estimate of drug-likeness (QED) is 0.686. The number of nitrogens with two attached hydrogens (primary N) is 1. The molecule has 1 aromatic heterocycles. The maximum Gasteiger partial charge on any atom is 0.148 e. The van der Waals surface area contributed by atoms with E-state index in [1.165, 1.54) is 6.07 Å². The summed E-state index contributed by atoms with van der Waals surface area (Å²) in [5.74, 6) is 0.695. The van der Waals surface area contributed by atoms with E-state index in [9.17, 15) is 4.39 Å². The first-order chi connectivity index (χ1) is 9.97. The van der Waals surface area contributed by atoms with Gasteiger partial charge in [-0.15, -0.1) is 0 Å². The summed E-state index contributed by atoms with van der Waals surface area (Å²) in [5, 5.41) is 0. The summed E-state index contributed by atoms with van der Waals surface area (Å²) < 4.78 is 16.9. The first-order valence-corrected chi connectivity index (χ1v) is 7.50. The molecular formula is C16H15BrFN3. The molecular weight excluding hydrogens is 333 g/mol. The lowest BCUT2D eigenvalue weighted by Crippen LogP contribution is -2.05. The van der Waals surface area contributed by atoms with E-state index in [2.05, 4.69) is 20.9 Å². The van der Waals surface area contributed by atoms with Crippen LogP contribution in [0.2, 0.25) is 0 Å². The smallest absolute Gasteiger partial charge is 0.148 e. The van der Waals surface area contributed by atoms with Crippen molar-refractivity contribution in [2.45, 2.75) is 19.8 Å². The predicted molar refractivity (Wildman–Crippen MR) is 87.2 cm³/mol. The third-order valence-corrected chi connectivity index (χ3v) is 3.86. The molecule has 0 spiro atoms. The third-order valence-electron chi connectivity index (χ3n) is 3.37. The van der Waals surface area contributed by atoms with Gasteiger partial charge in [-0.2, -0.15) is 0 Å². The van der Waals surface area contributed by atoms with Crippen molar-refractivity contribution >= 4 is 32.7 Å².